The van der Waals surface area contributed by atoms with Crippen molar-refractivity contribution in [1.82, 2.24) is 35.6 Å². The van der Waals surface area contributed by atoms with Crippen molar-refractivity contribution in [2.45, 2.75) is 43.0 Å². The van der Waals surface area contributed by atoms with E-state index in [2.05, 4.69) is 36.6 Å². The number of nitrogens with one attached hydrogen (secondary N) is 4. The van der Waals surface area contributed by atoms with Crippen molar-refractivity contribution >= 4 is 33.6 Å². The van der Waals surface area contributed by atoms with Crippen LogP contribution in [0.3, 0.4) is 0 Å². The van der Waals surface area contributed by atoms with E-state index in [1.54, 1.807) is 48.5 Å². The number of anilines is 1. The molecule has 2 fully saturated rings. The van der Waals surface area contributed by atoms with Gasteiger partial charge in [0, 0.05) is 48.8 Å². The van der Waals surface area contributed by atoms with Crippen LogP contribution in [0.25, 0.3) is 22.5 Å². The van der Waals surface area contributed by atoms with Gasteiger partial charge in [-0.25, -0.2) is 13.2 Å². The molecule has 4 aromatic rings. The number of hydrogen-bond acceptors (Lipinski definition) is 9. The Hall–Kier alpha value is -5.19. The van der Waals surface area contributed by atoms with Gasteiger partial charge in [0.1, 0.15) is 6.04 Å². The topological polar surface area (TPSA) is 209 Å². The van der Waals surface area contributed by atoms with Crippen molar-refractivity contribution in [3.05, 3.63) is 78.4 Å². The van der Waals surface area contributed by atoms with Gasteiger partial charge >= 0.3 is 6.09 Å². The molecule has 51 heavy (non-hydrogen) atoms. The quantitative estimate of drug-likeness (QED) is 0.145. The molecular formula is C35H40N8O7S. The third-order valence-corrected chi connectivity index (χ3v) is 11.3. The zero-order valence-electron chi connectivity index (χ0n) is 27.8. The number of aromatic nitrogens is 4. The number of ether oxygens (including phenoxy) is 1. The number of rotatable bonds is 12. The van der Waals surface area contributed by atoms with E-state index in [1.807, 2.05) is 24.3 Å². The molecule has 16 heteroatoms. The molecule has 1 aliphatic heterocycles. The molecule has 1 aromatic heterocycles. The standard InChI is InChI=1S/C35H40N8O7S/c44-33(26-10-8-23(9-11-26)22-36-35(46)47)38-30(34(45)37-28-14-12-25(13-15-28)32-39-41-42-40-32)21-24-4-3-5-27(20-24)29-6-1-2-7-31(29)51(48,49)43-16-18-50-19-17-43/h1-7,12-15,20,23,26,30,36H,8-11,16-19,21-22H2,(H,37,45)(H,38,44)(H,46,47)(H,39,40,41,42)/t23-,26-,30-/m0/s1. The van der Waals surface area contributed by atoms with Gasteiger partial charge in [-0.3, -0.25) is 9.59 Å². The molecule has 6 rings (SSSR count). The summed E-state index contributed by atoms with van der Waals surface area (Å²) in [6.07, 6.45) is 1.61. The third-order valence-electron chi connectivity index (χ3n) is 9.30. The van der Waals surface area contributed by atoms with E-state index in [1.165, 1.54) is 4.31 Å². The summed E-state index contributed by atoms with van der Waals surface area (Å²) in [6.45, 7) is 1.55. The van der Waals surface area contributed by atoms with Gasteiger partial charge in [0.25, 0.3) is 0 Å². The first-order chi connectivity index (χ1) is 24.7. The fourth-order valence-corrected chi connectivity index (χ4v) is 8.16. The highest BCUT2D eigenvalue weighted by Crippen LogP contribution is 2.32. The number of nitrogens with zero attached hydrogens (tertiary/aromatic N) is 4. The van der Waals surface area contributed by atoms with Crippen molar-refractivity contribution in [3.63, 3.8) is 0 Å². The maximum absolute atomic E-state index is 13.8. The minimum absolute atomic E-state index is 0.141. The number of carbonyl (C=O) groups excluding carboxylic acids is 2. The zero-order valence-corrected chi connectivity index (χ0v) is 28.6. The van der Waals surface area contributed by atoms with Crippen molar-refractivity contribution in [1.29, 1.82) is 0 Å². The number of amides is 3. The van der Waals surface area contributed by atoms with Crippen LogP contribution in [-0.4, -0.2) is 95.3 Å². The first-order valence-corrected chi connectivity index (χ1v) is 18.3. The smallest absolute Gasteiger partial charge is 0.404 e. The Morgan fingerprint density at radius 2 is 1.69 bits per heavy atom. The van der Waals surface area contributed by atoms with Gasteiger partial charge in [-0.05, 0) is 78.3 Å². The van der Waals surface area contributed by atoms with Gasteiger partial charge in [-0.15, -0.1) is 10.2 Å². The van der Waals surface area contributed by atoms with E-state index < -0.39 is 28.1 Å². The molecule has 0 radical (unpaired) electrons. The van der Waals surface area contributed by atoms with Gasteiger partial charge in [0.2, 0.25) is 27.7 Å². The van der Waals surface area contributed by atoms with E-state index in [-0.39, 0.29) is 42.1 Å². The average molecular weight is 717 g/mol. The number of hydrogen-bond donors (Lipinski definition) is 5. The summed E-state index contributed by atoms with van der Waals surface area (Å²) >= 11 is 0. The SMILES string of the molecule is O=C(O)NC[C@H]1CC[C@H](C(=O)N[C@@H](Cc2cccc(-c3ccccc3S(=O)(=O)N3CCOCC3)c2)C(=O)Nc2ccc(-c3nn[nH]n3)cc2)CC1. The van der Waals surface area contributed by atoms with Gasteiger partial charge in [0.05, 0.1) is 18.1 Å². The molecular weight excluding hydrogens is 677 g/mol. The van der Waals surface area contributed by atoms with Crippen molar-refractivity contribution < 1.29 is 32.6 Å². The van der Waals surface area contributed by atoms with Gasteiger partial charge in [0.15, 0.2) is 0 Å². The molecule has 15 nitrogen and oxygen atoms in total. The number of sulfonamides is 1. The summed E-state index contributed by atoms with van der Waals surface area (Å²) in [7, 11) is -3.80. The molecule has 1 saturated carbocycles. The molecule has 0 unspecified atom stereocenters. The zero-order chi connectivity index (χ0) is 35.8. The van der Waals surface area contributed by atoms with Gasteiger partial charge in [-0.1, -0.05) is 42.5 Å². The summed E-state index contributed by atoms with van der Waals surface area (Å²) in [5, 5.41) is 31.2. The number of H-pyrrole nitrogens is 1. The highest BCUT2D eigenvalue weighted by Gasteiger charge is 2.31. The fourth-order valence-electron chi connectivity index (χ4n) is 6.53. The van der Waals surface area contributed by atoms with Crippen molar-refractivity contribution in [2.24, 2.45) is 11.8 Å². The number of carbonyl (C=O) groups is 3. The molecule has 2 aliphatic rings. The predicted octanol–water partition coefficient (Wildman–Crippen LogP) is 3.29. The lowest BCUT2D eigenvalue weighted by Crippen LogP contribution is -2.48. The van der Waals surface area contributed by atoms with Gasteiger partial charge in [-0.2, -0.15) is 9.52 Å². The maximum Gasteiger partial charge on any atom is 0.404 e. The second-order valence-corrected chi connectivity index (χ2v) is 14.6. The van der Waals surface area contributed by atoms with Crippen LogP contribution in [0.2, 0.25) is 0 Å². The Bertz CT molecular complexity index is 1930. The first-order valence-electron chi connectivity index (χ1n) is 16.9. The Kier molecular flexibility index (Phi) is 11.3. The number of carboxylic acid groups (broad SMARTS) is 1. The average Bonchev–Trinajstić information content (AvgIpc) is 3.70. The summed E-state index contributed by atoms with van der Waals surface area (Å²) in [5.41, 5.74) is 3.13. The highest BCUT2D eigenvalue weighted by atomic mass is 32.2. The first kappa shape index (κ1) is 35.6. The van der Waals surface area contributed by atoms with Crippen LogP contribution in [-0.2, 0) is 30.8 Å². The molecule has 1 saturated heterocycles. The number of benzene rings is 3. The second-order valence-electron chi connectivity index (χ2n) is 12.7. The second kappa shape index (κ2) is 16.2. The molecule has 3 aromatic carbocycles. The fraction of sp³-hybridized carbons (Fsp3) is 0.371. The van der Waals surface area contributed by atoms with Crippen LogP contribution in [0.5, 0.6) is 0 Å². The highest BCUT2D eigenvalue weighted by molar-refractivity contribution is 7.89. The monoisotopic (exact) mass is 716 g/mol. The number of morpholine rings is 1. The van der Waals surface area contributed by atoms with Crippen molar-refractivity contribution in [2.75, 3.05) is 38.2 Å². The Morgan fingerprint density at radius 1 is 0.941 bits per heavy atom. The molecule has 0 bridgehead atoms. The largest absolute Gasteiger partial charge is 0.465 e. The molecule has 0 spiro atoms. The van der Waals surface area contributed by atoms with Crippen LogP contribution in [0, 0.1) is 11.8 Å². The number of aromatic amines is 1. The predicted molar refractivity (Wildman–Crippen MR) is 187 cm³/mol. The molecule has 3 amide bonds. The van der Waals surface area contributed by atoms with Crippen LogP contribution in [0.1, 0.15) is 31.2 Å². The molecule has 268 valence electrons. The summed E-state index contributed by atoms with van der Waals surface area (Å²) in [6, 6.07) is 20.1. The molecule has 5 N–H and O–H groups in total. The van der Waals surface area contributed by atoms with E-state index in [0.717, 1.165) is 5.56 Å². The number of tetrazole rings is 1. The van der Waals surface area contributed by atoms with E-state index in [9.17, 15) is 22.8 Å². The van der Waals surface area contributed by atoms with Crippen molar-refractivity contribution in [3.8, 4) is 22.5 Å². The summed E-state index contributed by atoms with van der Waals surface area (Å²) < 4.78 is 34.2. The lowest BCUT2D eigenvalue weighted by molar-refractivity contribution is -0.130. The summed E-state index contributed by atoms with van der Waals surface area (Å²) in [4.78, 5) is 38.5. The lowest BCUT2D eigenvalue weighted by atomic mass is 9.81. The van der Waals surface area contributed by atoms with E-state index >= 15 is 0 Å². The maximum atomic E-state index is 13.8. The minimum Gasteiger partial charge on any atom is -0.465 e. The summed E-state index contributed by atoms with van der Waals surface area (Å²) in [5.74, 6) is -0.427. The molecule has 2 heterocycles. The van der Waals surface area contributed by atoms with Crippen LogP contribution in [0.15, 0.2) is 77.7 Å². The minimum atomic E-state index is -3.80. The van der Waals surface area contributed by atoms with Crippen LogP contribution < -0.4 is 16.0 Å². The Labute approximate surface area is 295 Å². The Balaban J connectivity index is 1.21. The van der Waals surface area contributed by atoms with E-state index in [0.29, 0.717) is 73.6 Å². The van der Waals surface area contributed by atoms with E-state index in [4.69, 9.17) is 9.84 Å². The third kappa shape index (κ3) is 8.95. The van der Waals surface area contributed by atoms with Crippen LogP contribution in [0.4, 0.5) is 10.5 Å². The lowest BCUT2D eigenvalue weighted by Gasteiger charge is -2.29. The van der Waals surface area contributed by atoms with Gasteiger partial charge < -0.3 is 25.8 Å². The van der Waals surface area contributed by atoms with Crippen LogP contribution >= 0.6 is 0 Å². The molecule has 1 atom stereocenters. The normalized spacial score (nSPS) is 18.7. The Morgan fingerprint density at radius 3 is 2.39 bits per heavy atom. The molecule has 1 aliphatic carbocycles.